The Balaban J connectivity index is 1.76. The van der Waals surface area contributed by atoms with E-state index >= 15 is 0 Å². The molecule has 0 radical (unpaired) electrons. The highest BCUT2D eigenvalue weighted by atomic mass is 16.5. The molecule has 1 heterocycles. The Labute approximate surface area is 113 Å². The molecule has 2 rings (SSSR count). The van der Waals surface area contributed by atoms with Gasteiger partial charge in [0.25, 0.3) is 0 Å². The molecule has 19 heavy (non-hydrogen) atoms. The van der Waals surface area contributed by atoms with Gasteiger partial charge in [-0.1, -0.05) is 25.1 Å². The van der Waals surface area contributed by atoms with Crippen LogP contribution in [0.25, 0.3) is 0 Å². The monoisotopic (exact) mass is 258 g/mol. The third-order valence-corrected chi connectivity index (χ3v) is 2.94. The SMILES string of the molecule is CCc1ccccc1OCCCC(=O)n1ccnc1. The third kappa shape index (κ3) is 3.68. The van der Waals surface area contributed by atoms with Crippen LogP contribution in [0.2, 0.25) is 0 Å². The molecule has 2 aromatic rings. The number of aromatic nitrogens is 2. The summed E-state index contributed by atoms with van der Waals surface area (Å²) in [6.07, 6.45) is 6.90. The van der Waals surface area contributed by atoms with Crippen molar-refractivity contribution in [3.8, 4) is 5.75 Å². The molecule has 0 bridgehead atoms. The van der Waals surface area contributed by atoms with Gasteiger partial charge in [-0.2, -0.15) is 0 Å². The molecule has 0 unspecified atom stereocenters. The topological polar surface area (TPSA) is 44.1 Å². The number of benzene rings is 1. The van der Waals surface area contributed by atoms with Gasteiger partial charge in [-0.15, -0.1) is 0 Å². The molecule has 0 saturated carbocycles. The van der Waals surface area contributed by atoms with Gasteiger partial charge in [0, 0.05) is 18.8 Å². The van der Waals surface area contributed by atoms with Crippen LogP contribution in [0.3, 0.4) is 0 Å². The summed E-state index contributed by atoms with van der Waals surface area (Å²) in [6, 6.07) is 8.00. The number of imidazole rings is 1. The summed E-state index contributed by atoms with van der Waals surface area (Å²) in [5.41, 5.74) is 1.20. The minimum atomic E-state index is 0.0462. The van der Waals surface area contributed by atoms with Crippen molar-refractivity contribution in [2.75, 3.05) is 6.61 Å². The fourth-order valence-electron chi connectivity index (χ4n) is 1.88. The molecule has 100 valence electrons. The Morgan fingerprint density at radius 3 is 2.95 bits per heavy atom. The summed E-state index contributed by atoms with van der Waals surface area (Å²) in [5, 5.41) is 0. The molecule has 0 saturated heterocycles. The maximum atomic E-state index is 11.7. The number of hydrogen-bond acceptors (Lipinski definition) is 3. The highest BCUT2D eigenvalue weighted by Crippen LogP contribution is 2.18. The molecule has 1 aromatic heterocycles. The van der Waals surface area contributed by atoms with E-state index in [1.807, 2.05) is 18.2 Å². The first-order valence-electron chi connectivity index (χ1n) is 6.53. The van der Waals surface area contributed by atoms with Crippen molar-refractivity contribution in [1.82, 2.24) is 9.55 Å². The fourth-order valence-corrected chi connectivity index (χ4v) is 1.88. The Morgan fingerprint density at radius 2 is 2.21 bits per heavy atom. The van der Waals surface area contributed by atoms with Gasteiger partial charge in [0.1, 0.15) is 12.1 Å². The first-order valence-corrected chi connectivity index (χ1v) is 6.53. The Kier molecular flexibility index (Phi) is 4.72. The highest BCUT2D eigenvalue weighted by molar-refractivity contribution is 5.78. The lowest BCUT2D eigenvalue weighted by molar-refractivity contribution is 0.0893. The molecule has 0 spiro atoms. The Hall–Kier alpha value is -2.10. The summed E-state index contributed by atoms with van der Waals surface area (Å²) in [4.78, 5) is 15.6. The van der Waals surface area contributed by atoms with Gasteiger partial charge in [0.15, 0.2) is 0 Å². The zero-order valence-electron chi connectivity index (χ0n) is 11.1. The van der Waals surface area contributed by atoms with E-state index < -0.39 is 0 Å². The summed E-state index contributed by atoms with van der Waals surface area (Å²) in [5.74, 6) is 0.963. The number of ether oxygens (including phenoxy) is 1. The summed E-state index contributed by atoms with van der Waals surface area (Å²) < 4.78 is 7.22. The van der Waals surface area contributed by atoms with Crippen molar-refractivity contribution < 1.29 is 9.53 Å². The lowest BCUT2D eigenvalue weighted by Crippen LogP contribution is -2.10. The number of para-hydroxylation sites is 1. The number of nitrogens with zero attached hydrogens (tertiary/aromatic N) is 2. The van der Waals surface area contributed by atoms with Crippen molar-refractivity contribution in [3.05, 3.63) is 48.5 Å². The van der Waals surface area contributed by atoms with Crippen LogP contribution in [0.15, 0.2) is 43.0 Å². The molecule has 0 aliphatic heterocycles. The first-order chi connectivity index (χ1) is 9.31. The maximum absolute atomic E-state index is 11.7. The third-order valence-electron chi connectivity index (χ3n) is 2.94. The van der Waals surface area contributed by atoms with E-state index in [0.29, 0.717) is 19.4 Å². The van der Waals surface area contributed by atoms with Crippen LogP contribution in [-0.2, 0) is 6.42 Å². The van der Waals surface area contributed by atoms with Crippen molar-refractivity contribution in [2.45, 2.75) is 26.2 Å². The number of hydrogen-bond donors (Lipinski definition) is 0. The van der Waals surface area contributed by atoms with Crippen molar-refractivity contribution >= 4 is 5.91 Å². The second-order valence-electron chi connectivity index (χ2n) is 4.28. The van der Waals surface area contributed by atoms with Crippen LogP contribution in [-0.4, -0.2) is 22.1 Å². The van der Waals surface area contributed by atoms with Crippen LogP contribution in [0.4, 0.5) is 0 Å². The second-order valence-corrected chi connectivity index (χ2v) is 4.28. The molecule has 4 heteroatoms. The van der Waals surface area contributed by atoms with Gasteiger partial charge in [0.05, 0.1) is 6.61 Å². The van der Waals surface area contributed by atoms with E-state index in [4.69, 9.17) is 4.74 Å². The lowest BCUT2D eigenvalue weighted by Gasteiger charge is -2.09. The van der Waals surface area contributed by atoms with Gasteiger partial charge in [-0.25, -0.2) is 4.98 Å². The van der Waals surface area contributed by atoms with E-state index in [9.17, 15) is 4.79 Å². The first kappa shape index (κ1) is 13.3. The largest absolute Gasteiger partial charge is 0.493 e. The quantitative estimate of drug-likeness (QED) is 0.748. The van der Waals surface area contributed by atoms with Crippen molar-refractivity contribution in [1.29, 1.82) is 0 Å². The summed E-state index contributed by atoms with van der Waals surface area (Å²) >= 11 is 0. The molecule has 0 aliphatic rings. The molecule has 0 amide bonds. The Morgan fingerprint density at radius 1 is 1.37 bits per heavy atom. The normalized spacial score (nSPS) is 10.4. The predicted octanol–water partition coefficient (Wildman–Crippen LogP) is 2.94. The summed E-state index contributed by atoms with van der Waals surface area (Å²) in [7, 11) is 0. The van der Waals surface area contributed by atoms with E-state index in [0.717, 1.165) is 12.2 Å². The zero-order valence-corrected chi connectivity index (χ0v) is 11.1. The van der Waals surface area contributed by atoms with Crippen LogP contribution in [0.1, 0.15) is 30.1 Å². The summed E-state index contributed by atoms with van der Waals surface area (Å²) in [6.45, 7) is 2.65. The number of rotatable bonds is 6. The lowest BCUT2D eigenvalue weighted by atomic mass is 10.1. The number of aryl methyl sites for hydroxylation is 1. The van der Waals surface area contributed by atoms with Gasteiger partial charge in [-0.05, 0) is 24.5 Å². The molecule has 1 aromatic carbocycles. The molecule has 0 aliphatic carbocycles. The minimum Gasteiger partial charge on any atom is -0.493 e. The molecule has 0 fully saturated rings. The van der Waals surface area contributed by atoms with Crippen LogP contribution < -0.4 is 4.74 Å². The molecule has 0 N–H and O–H groups in total. The standard InChI is InChI=1S/C15H18N2O2/c1-2-13-6-3-4-7-14(13)19-11-5-8-15(18)17-10-9-16-12-17/h3-4,6-7,9-10,12H,2,5,8,11H2,1H3. The van der Waals surface area contributed by atoms with Gasteiger partial charge in [-0.3, -0.25) is 9.36 Å². The van der Waals surface area contributed by atoms with E-state index in [1.54, 1.807) is 12.4 Å². The smallest absolute Gasteiger partial charge is 0.231 e. The zero-order chi connectivity index (χ0) is 13.5. The second kappa shape index (κ2) is 6.73. The number of carbonyl (C=O) groups is 1. The maximum Gasteiger partial charge on any atom is 0.231 e. The van der Waals surface area contributed by atoms with E-state index in [2.05, 4.69) is 18.0 Å². The van der Waals surface area contributed by atoms with Gasteiger partial charge < -0.3 is 4.74 Å². The fraction of sp³-hybridized carbons (Fsp3) is 0.333. The minimum absolute atomic E-state index is 0.0462. The van der Waals surface area contributed by atoms with Gasteiger partial charge in [0.2, 0.25) is 5.91 Å². The molecular weight excluding hydrogens is 240 g/mol. The van der Waals surface area contributed by atoms with Crippen molar-refractivity contribution in [2.24, 2.45) is 0 Å². The van der Waals surface area contributed by atoms with Crippen LogP contribution in [0.5, 0.6) is 5.75 Å². The van der Waals surface area contributed by atoms with Crippen LogP contribution >= 0.6 is 0 Å². The van der Waals surface area contributed by atoms with E-state index in [-0.39, 0.29) is 5.91 Å². The van der Waals surface area contributed by atoms with Gasteiger partial charge >= 0.3 is 0 Å². The van der Waals surface area contributed by atoms with Crippen LogP contribution in [0, 0.1) is 0 Å². The highest BCUT2D eigenvalue weighted by Gasteiger charge is 2.04. The Bertz CT molecular complexity index is 521. The number of carbonyl (C=O) groups excluding carboxylic acids is 1. The van der Waals surface area contributed by atoms with Crippen molar-refractivity contribution in [3.63, 3.8) is 0 Å². The average molecular weight is 258 g/mol. The molecule has 0 atom stereocenters. The average Bonchev–Trinajstić information content (AvgIpc) is 2.98. The molecule has 4 nitrogen and oxygen atoms in total. The molecular formula is C15H18N2O2. The van der Waals surface area contributed by atoms with E-state index in [1.165, 1.54) is 16.5 Å². The predicted molar refractivity (Wildman–Crippen MR) is 73.4 cm³/mol.